The topological polar surface area (TPSA) is 44.8 Å². The van der Waals surface area contributed by atoms with Crippen LogP contribution in [0.3, 0.4) is 0 Å². The molecule has 0 N–H and O–H groups in total. The van der Waals surface area contributed by atoms with Gasteiger partial charge in [-0.25, -0.2) is 4.79 Å². The van der Waals surface area contributed by atoms with E-state index in [1.54, 1.807) is 30.3 Å². The molecular formula is C13H12O4. The first-order valence-electron chi connectivity index (χ1n) is 5.54. The van der Waals surface area contributed by atoms with Crippen molar-refractivity contribution in [2.75, 3.05) is 6.61 Å². The van der Waals surface area contributed by atoms with Crippen LogP contribution < -0.4 is 0 Å². The molecule has 1 saturated heterocycles. The molecule has 3 atom stereocenters. The van der Waals surface area contributed by atoms with Crippen molar-refractivity contribution in [1.29, 1.82) is 0 Å². The molecule has 0 aromatic heterocycles. The quantitative estimate of drug-likeness (QED) is 0.573. The predicted molar refractivity (Wildman–Crippen MR) is 59.4 cm³/mol. The van der Waals surface area contributed by atoms with Crippen LogP contribution in [0.5, 0.6) is 0 Å². The molecule has 0 saturated carbocycles. The average Bonchev–Trinajstić information content (AvgIpc) is 2.77. The molecule has 0 aliphatic carbocycles. The number of esters is 1. The van der Waals surface area contributed by atoms with Crippen molar-refractivity contribution < 1.29 is 19.0 Å². The largest absolute Gasteiger partial charge is 0.452 e. The molecule has 2 aliphatic heterocycles. The van der Waals surface area contributed by atoms with Gasteiger partial charge in [0.05, 0.1) is 12.2 Å². The van der Waals surface area contributed by atoms with Crippen LogP contribution in [-0.4, -0.2) is 31.1 Å². The molecule has 0 amide bonds. The third-order valence-corrected chi connectivity index (χ3v) is 2.81. The minimum absolute atomic E-state index is 0.183. The van der Waals surface area contributed by atoms with Crippen LogP contribution in [0.2, 0.25) is 0 Å². The van der Waals surface area contributed by atoms with E-state index in [0.717, 1.165) is 0 Å². The van der Waals surface area contributed by atoms with Gasteiger partial charge in [-0.05, 0) is 24.3 Å². The van der Waals surface area contributed by atoms with E-state index >= 15 is 0 Å². The van der Waals surface area contributed by atoms with Crippen LogP contribution in [0.25, 0.3) is 0 Å². The minimum atomic E-state index is -0.360. The van der Waals surface area contributed by atoms with Gasteiger partial charge in [0, 0.05) is 0 Å². The zero-order valence-electron chi connectivity index (χ0n) is 9.11. The van der Waals surface area contributed by atoms with Crippen molar-refractivity contribution in [3.05, 3.63) is 48.0 Å². The number of fused-ring (bicyclic) bond motifs is 2. The van der Waals surface area contributed by atoms with Gasteiger partial charge in [0.25, 0.3) is 0 Å². The monoisotopic (exact) mass is 232 g/mol. The normalized spacial score (nSPS) is 30.2. The Bertz CT molecular complexity index is 440. The van der Waals surface area contributed by atoms with Crippen molar-refractivity contribution in [2.24, 2.45) is 0 Å². The van der Waals surface area contributed by atoms with E-state index in [1.165, 1.54) is 0 Å². The van der Waals surface area contributed by atoms with E-state index in [0.29, 0.717) is 12.2 Å². The minimum Gasteiger partial charge on any atom is -0.452 e. The zero-order chi connectivity index (χ0) is 11.7. The van der Waals surface area contributed by atoms with Crippen LogP contribution in [0.1, 0.15) is 10.4 Å². The fourth-order valence-corrected chi connectivity index (χ4v) is 1.92. The van der Waals surface area contributed by atoms with Crippen molar-refractivity contribution in [3.8, 4) is 0 Å². The predicted octanol–water partition coefficient (Wildman–Crippen LogP) is 1.52. The Kier molecular flexibility index (Phi) is 2.66. The lowest BCUT2D eigenvalue weighted by Gasteiger charge is -2.22. The summed E-state index contributed by atoms with van der Waals surface area (Å²) in [4.78, 5) is 11.8. The number of carbonyl (C=O) groups is 1. The number of carbonyl (C=O) groups excluding carboxylic acids is 1. The molecule has 1 fully saturated rings. The number of benzene rings is 1. The second-order valence-electron chi connectivity index (χ2n) is 4.00. The highest BCUT2D eigenvalue weighted by molar-refractivity contribution is 5.89. The molecule has 4 heteroatoms. The van der Waals surface area contributed by atoms with E-state index in [2.05, 4.69) is 0 Å². The molecule has 1 aromatic rings. The number of ether oxygens (including phenoxy) is 3. The maximum Gasteiger partial charge on any atom is 0.338 e. The Labute approximate surface area is 98.8 Å². The van der Waals surface area contributed by atoms with Crippen LogP contribution in [0.15, 0.2) is 42.5 Å². The third-order valence-electron chi connectivity index (χ3n) is 2.81. The van der Waals surface area contributed by atoms with Crippen LogP contribution >= 0.6 is 0 Å². The van der Waals surface area contributed by atoms with Crippen LogP contribution in [0, 0.1) is 0 Å². The zero-order valence-corrected chi connectivity index (χ0v) is 9.11. The Hall–Kier alpha value is -1.65. The molecule has 0 unspecified atom stereocenters. The van der Waals surface area contributed by atoms with Gasteiger partial charge in [0.2, 0.25) is 0 Å². The van der Waals surface area contributed by atoms with Crippen molar-refractivity contribution in [1.82, 2.24) is 0 Å². The van der Waals surface area contributed by atoms with Gasteiger partial charge in [-0.2, -0.15) is 0 Å². The highest BCUT2D eigenvalue weighted by Gasteiger charge is 2.36. The van der Waals surface area contributed by atoms with Crippen molar-refractivity contribution in [2.45, 2.75) is 18.5 Å². The van der Waals surface area contributed by atoms with E-state index in [4.69, 9.17) is 14.2 Å². The molecule has 2 bridgehead atoms. The summed E-state index contributed by atoms with van der Waals surface area (Å²) in [5.41, 5.74) is 0.543. The summed E-state index contributed by atoms with van der Waals surface area (Å²) in [6, 6.07) is 8.92. The summed E-state index contributed by atoms with van der Waals surface area (Å²) in [6.07, 6.45) is 2.78. The highest BCUT2D eigenvalue weighted by atomic mass is 16.7. The van der Waals surface area contributed by atoms with Crippen LogP contribution in [0.4, 0.5) is 0 Å². The Morgan fingerprint density at radius 2 is 2.06 bits per heavy atom. The van der Waals surface area contributed by atoms with Gasteiger partial charge < -0.3 is 14.2 Å². The molecule has 0 spiro atoms. The molecule has 2 heterocycles. The molecular weight excluding hydrogens is 220 g/mol. The molecule has 17 heavy (non-hydrogen) atoms. The van der Waals surface area contributed by atoms with E-state index in [-0.39, 0.29) is 24.5 Å². The summed E-state index contributed by atoms with van der Waals surface area (Å²) in [6.45, 7) is 0.463. The second kappa shape index (κ2) is 4.31. The molecule has 4 nitrogen and oxygen atoms in total. The van der Waals surface area contributed by atoms with E-state index in [1.807, 2.05) is 12.1 Å². The molecule has 2 aliphatic rings. The summed E-state index contributed by atoms with van der Waals surface area (Å²) < 4.78 is 16.1. The molecule has 0 radical (unpaired) electrons. The first-order valence-corrected chi connectivity index (χ1v) is 5.54. The lowest BCUT2D eigenvalue weighted by molar-refractivity contribution is -0.0597. The molecule has 3 rings (SSSR count). The standard InChI is InChI=1S/C13H12O4/c14-13(9-4-2-1-3-5-9)17-10-6-7-12-15-8-11(10)16-12/h1-7,10-12H,8H2/t10-,11+,12+/m0/s1. The lowest BCUT2D eigenvalue weighted by Crippen LogP contribution is -2.34. The van der Waals surface area contributed by atoms with E-state index in [9.17, 15) is 4.79 Å². The van der Waals surface area contributed by atoms with Gasteiger partial charge in [0.1, 0.15) is 12.2 Å². The summed E-state index contributed by atoms with van der Waals surface area (Å²) in [5.74, 6) is -0.339. The summed E-state index contributed by atoms with van der Waals surface area (Å²) >= 11 is 0. The Balaban J connectivity index is 1.70. The Morgan fingerprint density at radius 1 is 1.24 bits per heavy atom. The highest BCUT2D eigenvalue weighted by Crippen LogP contribution is 2.24. The van der Waals surface area contributed by atoms with Gasteiger partial charge in [0.15, 0.2) is 6.29 Å². The lowest BCUT2D eigenvalue weighted by atomic mass is 10.1. The maximum atomic E-state index is 11.8. The van der Waals surface area contributed by atoms with Crippen molar-refractivity contribution in [3.63, 3.8) is 0 Å². The Morgan fingerprint density at radius 3 is 2.88 bits per heavy atom. The second-order valence-corrected chi connectivity index (χ2v) is 4.00. The third kappa shape index (κ3) is 2.09. The maximum absolute atomic E-state index is 11.8. The fraction of sp³-hybridized carbons (Fsp3) is 0.308. The molecule has 1 aromatic carbocycles. The summed E-state index contributed by atoms with van der Waals surface area (Å²) in [5, 5.41) is 0. The van der Waals surface area contributed by atoms with Gasteiger partial charge >= 0.3 is 5.97 Å². The summed E-state index contributed by atoms with van der Waals surface area (Å²) in [7, 11) is 0. The first kappa shape index (κ1) is 10.5. The first-order chi connectivity index (χ1) is 8.33. The number of hydrogen-bond acceptors (Lipinski definition) is 4. The van der Waals surface area contributed by atoms with E-state index < -0.39 is 0 Å². The van der Waals surface area contributed by atoms with Gasteiger partial charge in [-0.3, -0.25) is 0 Å². The molecule has 88 valence electrons. The van der Waals surface area contributed by atoms with Crippen LogP contribution in [-0.2, 0) is 14.2 Å². The number of hydrogen-bond donors (Lipinski definition) is 0. The van der Waals surface area contributed by atoms with Gasteiger partial charge in [-0.1, -0.05) is 18.2 Å². The average molecular weight is 232 g/mol. The smallest absolute Gasteiger partial charge is 0.338 e. The fourth-order valence-electron chi connectivity index (χ4n) is 1.92. The van der Waals surface area contributed by atoms with Gasteiger partial charge in [-0.15, -0.1) is 0 Å². The van der Waals surface area contributed by atoms with Crippen molar-refractivity contribution >= 4 is 5.97 Å². The number of rotatable bonds is 2. The SMILES string of the molecule is O=C(O[C@H]1C=C[C@@H]2OC[C@H]1O2)c1ccccc1.